The van der Waals surface area contributed by atoms with Crippen LogP contribution in [0.1, 0.15) is 58.8 Å². The number of hydrogen-bond acceptors (Lipinski definition) is 2. The van der Waals surface area contributed by atoms with Gasteiger partial charge < -0.3 is 5.11 Å². The highest BCUT2D eigenvalue weighted by Gasteiger charge is 2.22. The summed E-state index contributed by atoms with van der Waals surface area (Å²) in [6, 6.07) is 0. The molecule has 14 heavy (non-hydrogen) atoms. The van der Waals surface area contributed by atoms with Crippen LogP contribution in [0.4, 0.5) is 0 Å². The Bertz CT molecular complexity index is 185. The van der Waals surface area contributed by atoms with Crippen LogP contribution in [0.15, 0.2) is 0 Å². The Kier molecular flexibility index (Phi) is 4.11. The molecule has 0 spiro atoms. The number of ketones is 1. The lowest BCUT2D eigenvalue weighted by atomic mass is 9.95. The van der Waals surface area contributed by atoms with Crippen LogP contribution in [0.5, 0.6) is 0 Å². The normalized spacial score (nSPS) is 18.8. The van der Waals surface area contributed by atoms with Gasteiger partial charge in [0.05, 0.1) is 5.60 Å². The molecular formula is C12H22O2. The van der Waals surface area contributed by atoms with E-state index in [1.54, 1.807) is 13.8 Å². The molecule has 2 heteroatoms. The monoisotopic (exact) mass is 198 g/mol. The maximum Gasteiger partial charge on any atom is 0.135 e. The van der Waals surface area contributed by atoms with E-state index >= 15 is 0 Å². The predicted octanol–water partition coefficient (Wildman–Crippen LogP) is 2.69. The lowest BCUT2D eigenvalue weighted by Gasteiger charge is -2.16. The van der Waals surface area contributed by atoms with Gasteiger partial charge in [0.15, 0.2) is 0 Å². The van der Waals surface area contributed by atoms with E-state index in [2.05, 4.69) is 0 Å². The summed E-state index contributed by atoms with van der Waals surface area (Å²) in [5, 5.41) is 9.48. The molecule has 0 amide bonds. The molecule has 0 aromatic rings. The first-order chi connectivity index (χ1) is 6.49. The number of rotatable bonds is 5. The Morgan fingerprint density at radius 3 is 2.43 bits per heavy atom. The lowest BCUT2D eigenvalue weighted by molar-refractivity contribution is -0.122. The molecule has 0 bridgehead atoms. The average molecular weight is 198 g/mol. The van der Waals surface area contributed by atoms with E-state index in [9.17, 15) is 9.90 Å². The number of carbonyl (C=O) groups excluding carboxylic acids is 1. The summed E-state index contributed by atoms with van der Waals surface area (Å²) in [5.74, 6) is 0.767. The smallest absolute Gasteiger partial charge is 0.135 e. The van der Waals surface area contributed by atoms with Crippen LogP contribution in [0.3, 0.4) is 0 Å². The van der Waals surface area contributed by atoms with Crippen LogP contribution in [0.25, 0.3) is 0 Å². The molecule has 1 aliphatic rings. The van der Waals surface area contributed by atoms with Crippen LogP contribution >= 0.6 is 0 Å². The van der Waals surface area contributed by atoms with Crippen molar-refractivity contribution in [1.29, 1.82) is 0 Å². The third kappa shape index (κ3) is 4.23. The van der Waals surface area contributed by atoms with Gasteiger partial charge in [0.25, 0.3) is 0 Å². The van der Waals surface area contributed by atoms with E-state index in [1.165, 1.54) is 12.8 Å². The first-order valence-corrected chi connectivity index (χ1v) is 5.74. The molecule has 1 aliphatic carbocycles. The Hall–Kier alpha value is -0.370. The molecule has 1 saturated carbocycles. The second kappa shape index (κ2) is 4.92. The minimum absolute atomic E-state index is 0.344. The van der Waals surface area contributed by atoms with Gasteiger partial charge >= 0.3 is 0 Å². The van der Waals surface area contributed by atoms with Crippen LogP contribution in [-0.4, -0.2) is 16.5 Å². The van der Waals surface area contributed by atoms with Gasteiger partial charge in [-0.15, -0.1) is 0 Å². The number of hydrogen-bond donors (Lipinski definition) is 1. The van der Waals surface area contributed by atoms with Crippen molar-refractivity contribution in [2.24, 2.45) is 5.92 Å². The number of aliphatic hydroxyl groups is 1. The van der Waals surface area contributed by atoms with Crippen molar-refractivity contribution in [3.8, 4) is 0 Å². The molecule has 0 aromatic carbocycles. The molecular weight excluding hydrogens is 176 g/mol. The third-order valence-electron chi connectivity index (χ3n) is 3.02. The molecule has 1 N–H and O–H groups in total. The Labute approximate surface area is 86.7 Å². The van der Waals surface area contributed by atoms with Gasteiger partial charge in [-0.05, 0) is 39.5 Å². The van der Waals surface area contributed by atoms with Gasteiger partial charge in [-0.3, -0.25) is 4.79 Å². The van der Waals surface area contributed by atoms with Crippen molar-refractivity contribution < 1.29 is 9.90 Å². The third-order valence-corrected chi connectivity index (χ3v) is 3.02. The summed E-state index contributed by atoms with van der Waals surface area (Å²) in [4.78, 5) is 11.6. The first-order valence-electron chi connectivity index (χ1n) is 5.74. The zero-order chi connectivity index (χ0) is 10.6. The minimum atomic E-state index is -0.615. The molecule has 0 unspecified atom stereocenters. The average Bonchev–Trinajstić information content (AvgIpc) is 2.53. The minimum Gasteiger partial charge on any atom is -0.390 e. The van der Waals surface area contributed by atoms with Crippen molar-refractivity contribution >= 4 is 5.78 Å². The van der Waals surface area contributed by atoms with Gasteiger partial charge in [0.1, 0.15) is 5.78 Å². The summed E-state index contributed by atoms with van der Waals surface area (Å²) in [7, 11) is 0. The fourth-order valence-electron chi connectivity index (χ4n) is 2.15. The summed E-state index contributed by atoms with van der Waals surface area (Å²) < 4.78 is 0. The number of Topliss-reactive ketones (excluding diaryl/α,β-unsaturated/α-hetero) is 1. The first kappa shape index (κ1) is 11.7. The van der Waals surface area contributed by atoms with E-state index < -0.39 is 5.60 Å². The van der Waals surface area contributed by atoms with Crippen molar-refractivity contribution in [2.75, 3.05) is 0 Å². The van der Waals surface area contributed by atoms with Crippen molar-refractivity contribution in [2.45, 2.75) is 64.4 Å². The topological polar surface area (TPSA) is 37.3 Å². The summed E-state index contributed by atoms with van der Waals surface area (Å²) >= 11 is 0. The fourth-order valence-corrected chi connectivity index (χ4v) is 2.15. The highest BCUT2D eigenvalue weighted by molar-refractivity contribution is 5.81. The quantitative estimate of drug-likeness (QED) is 0.737. The lowest BCUT2D eigenvalue weighted by Crippen LogP contribution is -2.19. The molecule has 0 radical (unpaired) electrons. The molecule has 82 valence electrons. The van der Waals surface area contributed by atoms with Gasteiger partial charge in [-0.1, -0.05) is 12.8 Å². The van der Waals surface area contributed by atoms with E-state index in [1.807, 2.05) is 0 Å². The van der Waals surface area contributed by atoms with Crippen LogP contribution in [0, 0.1) is 5.92 Å². The summed E-state index contributed by atoms with van der Waals surface area (Å²) in [6.07, 6.45) is 6.87. The zero-order valence-electron chi connectivity index (χ0n) is 9.38. The van der Waals surface area contributed by atoms with Crippen LogP contribution < -0.4 is 0 Å². The van der Waals surface area contributed by atoms with E-state index in [0.717, 1.165) is 25.7 Å². The maximum absolute atomic E-state index is 11.6. The standard InChI is InChI=1S/C12H22O2/c1-12(2,14)9-5-8-11(13)10-6-3-4-7-10/h10,14H,3-9H2,1-2H3. The Morgan fingerprint density at radius 2 is 1.93 bits per heavy atom. The van der Waals surface area contributed by atoms with E-state index in [4.69, 9.17) is 0 Å². The molecule has 2 nitrogen and oxygen atoms in total. The Morgan fingerprint density at radius 1 is 1.36 bits per heavy atom. The molecule has 1 rings (SSSR count). The highest BCUT2D eigenvalue weighted by atomic mass is 16.3. The van der Waals surface area contributed by atoms with Crippen LogP contribution in [-0.2, 0) is 4.79 Å². The molecule has 0 aliphatic heterocycles. The van der Waals surface area contributed by atoms with Gasteiger partial charge in [-0.25, -0.2) is 0 Å². The van der Waals surface area contributed by atoms with Crippen molar-refractivity contribution in [3.05, 3.63) is 0 Å². The molecule has 1 fully saturated rings. The summed E-state index contributed by atoms with van der Waals surface area (Å²) in [5.41, 5.74) is -0.615. The Balaban J connectivity index is 2.15. The zero-order valence-corrected chi connectivity index (χ0v) is 9.38. The SMILES string of the molecule is CC(C)(O)CCCC(=O)C1CCCC1. The second-order valence-electron chi connectivity index (χ2n) is 5.11. The molecule has 0 saturated heterocycles. The van der Waals surface area contributed by atoms with Gasteiger partial charge in [0, 0.05) is 12.3 Å². The predicted molar refractivity (Wildman–Crippen MR) is 57.1 cm³/mol. The van der Waals surface area contributed by atoms with E-state index in [-0.39, 0.29) is 0 Å². The van der Waals surface area contributed by atoms with Gasteiger partial charge in [-0.2, -0.15) is 0 Å². The molecule has 0 atom stereocenters. The largest absolute Gasteiger partial charge is 0.390 e. The summed E-state index contributed by atoms with van der Waals surface area (Å²) in [6.45, 7) is 3.60. The van der Waals surface area contributed by atoms with Crippen molar-refractivity contribution in [1.82, 2.24) is 0 Å². The maximum atomic E-state index is 11.6. The molecule has 0 aromatic heterocycles. The van der Waals surface area contributed by atoms with Crippen molar-refractivity contribution in [3.63, 3.8) is 0 Å². The van der Waals surface area contributed by atoms with E-state index in [0.29, 0.717) is 18.1 Å². The second-order valence-corrected chi connectivity index (χ2v) is 5.11. The fraction of sp³-hybridized carbons (Fsp3) is 0.917. The van der Waals surface area contributed by atoms with Crippen LogP contribution in [0.2, 0.25) is 0 Å². The number of carbonyl (C=O) groups is 1. The van der Waals surface area contributed by atoms with Gasteiger partial charge in [0.2, 0.25) is 0 Å². The highest BCUT2D eigenvalue weighted by Crippen LogP contribution is 2.27. The molecule has 0 heterocycles.